The van der Waals surface area contributed by atoms with Gasteiger partial charge in [-0.2, -0.15) is 13.2 Å². The number of nitrogens with one attached hydrogen (secondary N) is 2. The lowest BCUT2D eigenvalue weighted by Crippen LogP contribution is -2.42. The Morgan fingerprint density at radius 3 is 2.17 bits per heavy atom. The summed E-state index contributed by atoms with van der Waals surface area (Å²) in [6, 6.07) is 0.614. The van der Waals surface area contributed by atoms with Gasteiger partial charge in [0, 0.05) is 11.8 Å². The van der Waals surface area contributed by atoms with Gasteiger partial charge in [-0.05, 0) is 12.1 Å². The van der Waals surface area contributed by atoms with Crippen molar-refractivity contribution in [1.82, 2.24) is 5.32 Å². The van der Waals surface area contributed by atoms with Crippen molar-refractivity contribution >= 4 is 17.6 Å². The lowest BCUT2D eigenvalue weighted by Gasteiger charge is -2.08. The number of alkyl halides is 3. The van der Waals surface area contributed by atoms with Gasteiger partial charge in [-0.3, -0.25) is 10.1 Å². The van der Waals surface area contributed by atoms with Crippen molar-refractivity contribution in [3.63, 3.8) is 0 Å². The third-order valence-electron chi connectivity index (χ3n) is 1.66. The van der Waals surface area contributed by atoms with Gasteiger partial charge in [-0.1, -0.05) is 0 Å². The molecule has 0 aromatic heterocycles. The van der Waals surface area contributed by atoms with E-state index in [1.807, 2.05) is 0 Å². The molecule has 0 saturated heterocycles. The first-order valence-corrected chi connectivity index (χ1v) is 4.34. The molecule has 1 rings (SSSR count). The minimum absolute atomic E-state index is 0.304. The first-order chi connectivity index (χ1) is 8.20. The highest BCUT2D eigenvalue weighted by Crippen LogP contribution is 2.15. The van der Waals surface area contributed by atoms with E-state index in [-0.39, 0.29) is 5.69 Å². The molecule has 0 heterocycles. The van der Waals surface area contributed by atoms with Crippen LogP contribution in [0.2, 0.25) is 0 Å². The van der Waals surface area contributed by atoms with E-state index < -0.39 is 29.7 Å². The van der Waals surface area contributed by atoms with Crippen molar-refractivity contribution in [3.05, 3.63) is 29.8 Å². The SMILES string of the molecule is O=C(NC(=O)C(F)(F)F)Nc1ccc(F)c(F)c1. The van der Waals surface area contributed by atoms with Crippen LogP contribution in [0.5, 0.6) is 0 Å². The molecule has 98 valence electrons. The Hall–Kier alpha value is -2.19. The van der Waals surface area contributed by atoms with Crippen LogP contribution >= 0.6 is 0 Å². The number of hydrogen-bond donors (Lipinski definition) is 2. The second kappa shape index (κ2) is 4.98. The van der Waals surface area contributed by atoms with Crippen LogP contribution in [0.25, 0.3) is 0 Å². The topological polar surface area (TPSA) is 58.2 Å². The van der Waals surface area contributed by atoms with Gasteiger partial charge in [0.1, 0.15) is 0 Å². The highest BCUT2D eigenvalue weighted by molar-refractivity contribution is 6.02. The summed E-state index contributed by atoms with van der Waals surface area (Å²) >= 11 is 0. The van der Waals surface area contributed by atoms with E-state index in [0.29, 0.717) is 12.1 Å². The van der Waals surface area contributed by atoms with Crippen LogP contribution in [0.1, 0.15) is 0 Å². The number of imide groups is 1. The molecular weight excluding hydrogens is 263 g/mol. The first-order valence-electron chi connectivity index (χ1n) is 4.34. The summed E-state index contributed by atoms with van der Waals surface area (Å²) in [5.74, 6) is -4.95. The van der Waals surface area contributed by atoms with Gasteiger partial charge < -0.3 is 5.32 Å². The highest BCUT2D eigenvalue weighted by Gasteiger charge is 2.39. The molecule has 9 heteroatoms. The molecule has 0 unspecified atom stereocenters. The lowest BCUT2D eigenvalue weighted by atomic mass is 10.3. The van der Waals surface area contributed by atoms with Gasteiger partial charge in [0.05, 0.1) is 0 Å². The molecule has 1 aromatic rings. The van der Waals surface area contributed by atoms with E-state index in [0.717, 1.165) is 11.4 Å². The van der Waals surface area contributed by atoms with Gasteiger partial charge in [-0.25, -0.2) is 13.6 Å². The fourth-order valence-corrected chi connectivity index (χ4v) is 0.910. The Labute approximate surface area is 96.8 Å². The second-order valence-electron chi connectivity index (χ2n) is 3.03. The third-order valence-corrected chi connectivity index (χ3v) is 1.66. The van der Waals surface area contributed by atoms with Gasteiger partial charge in [0.15, 0.2) is 11.6 Å². The number of hydrogen-bond acceptors (Lipinski definition) is 2. The number of amides is 3. The van der Waals surface area contributed by atoms with Crippen LogP contribution in [0, 0.1) is 11.6 Å². The first kappa shape index (κ1) is 13.9. The molecule has 2 N–H and O–H groups in total. The van der Waals surface area contributed by atoms with E-state index in [1.54, 1.807) is 5.32 Å². The number of urea groups is 1. The summed E-state index contributed by atoms with van der Waals surface area (Å²) in [4.78, 5) is 21.3. The average Bonchev–Trinajstić information content (AvgIpc) is 2.22. The molecule has 1 aromatic carbocycles. The Morgan fingerprint density at radius 1 is 1.06 bits per heavy atom. The summed E-state index contributed by atoms with van der Waals surface area (Å²) in [5.41, 5.74) is -0.304. The molecule has 0 fully saturated rings. The van der Waals surface area contributed by atoms with E-state index in [4.69, 9.17) is 0 Å². The average molecular weight is 268 g/mol. The number of carbonyl (C=O) groups excluding carboxylic acids is 2. The van der Waals surface area contributed by atoms with Gasteiger partial charge in [0.25, 0.3) is 0 Å². The zero-order chi connectivity index (χ0) is 13.9. The van der Waals surface area contributed by atoms with Crippen LogP contribution in [0.15, 0.2) is 18.2 Å². The van der Waals surface area contributed by atoms with Gasteiger partial charge in [0.2, 0.25) is 0 Å². The molecule has 0 aliphatic rings. The predicted molar refractivity (Wildman–Crippen MR) is 49.6 cm³/mol. The van der Waals surface area contributed by atoms with Crippen molar-refractivity contribution in [1.29, 1.82) is 0 Å². The van der Waals surface area contributed by atoms with Crippen LogP contribution in [-0.4, -0.2) is 18.1 Å². The zero-order valence-electron chi connectivity index (χ0n) is 8.44. The number of rotatable bonds is 1. The number of anilines is 1. The minimum atomic E-state index is -5.22. The Balaban J connectivity index is 2.65. The fourth-order valence-electron chi connectivity index (χ4n) is 0.910. The van der Waals surface area contributed by atoms with Crippen molar-refractivity contribution in [2.75, 3.05) is 5.32 Å². The van der Waals surface area contributed by atoms with E-state index in [1.165, 1.54) is 0 Å². The second-order valence-corrected chi connectivity index (χ2v) is 3.03. The number of benzene rings is 1. The molecule has 0 radical (unpaired) electrons. The maximum atomic E-state index is 12.7. The standard InChI is InChI=1S/C9H5F5N2O2/c10-5-2-1-4(3-6(5)11)15-8(18)16-7(17)9(12,13)14/h1-3H,(H2,15,16,17,18). The highest BCUT2D eigenvalue weighted by atomic mass is 19.4. The molecule has 0 bridgehead atoms. The summed E-state index contributed by atoms with van der Waals surface area (Å²) in [6.45, 7) is 0. The van der Waals surface area contributed by atoms with Crippen LogP contribution in [0.4, 0.5) is 32.4 Å². The molecule has 4 nitrogen and oxygen atoms in total. The molecule has 0 aliphatic carbocycles. The molecule has 0 atom stereocenters. The monoisotopic (exact) mass is 268 g/mol. The van der Waals surface area contributed by atoms with E-state index >= 15 is 0 Å². The Kier molecular flexibility index (Phi) is 3.84. The Morgan fingerprint density at radius 2 is 1.67 bits per heavy atom. The largest absolute Gasteiger partial charge is 0.471 e. The molecule has 18 heavy (non-hydrogen) atoms. The van der Waals surface area contributed by atoms with Crippen molar-refractivity contribution < 1.29 is 31.5 Å². The quantitative estimate of drug-likeness (QED) is 0.767. The van der Waals surface area contributed by atoms with E-state index in [2.05, 4.69) is 0 Å². The third kappa shape index (κ3) is 3.68. The van der Waals surface area contributed by atoms with Crippen molar-refractivity contribution in [2.24, 2.45) is 0 Å². The molecule has 3 amide bonds. The van der Waals surface area contributed by atoms with Gasteiger partial charge >= 0.3 is 18.1 Å². The smallest absolute Gasteiger partial charge is 0.308 e. The van der Waals surface area contributed by atoms with Crippen molar-refractivity contribution in [2.45, 2.75) is 6.18 Å². The minimum Gasteiger partial charge on any atom is -0.308 e. The van der Waals surface area contributed by atoms with E-state index in [9.17, 15) is 31.5 Å². The molecule has 0 spiro atoms. The summed E-state index contributed by atoms with van der Waals surface area (Å²) in [6.07, 6.45) is -5.22. The number of halogens is 5. The van der Waals surface area contributed by atoms with Crippen LogP contribution in [-0.2, 0) is 4.79 Å². The summed E-state index contributed by atoms with van der Waals surface area (Å²) < 4.78 is 60.5. The van der Waals surface area contributed by atoms with Gasteiger partial charge in [-0.15, -0.1) is 0 Å². The predicted octanol–water partition coefficient (Wildman–Crippen LogP) is 2.18. The Bertz CT molecular complexity index is 486. The zero-order valence-corrected chi connectivity index (χ0v) is 8.44. The van der Waals surface area contributed by atoms with Crippen LogP contribution < -0.4 is 10.6 Å². The molecular formula is C9H5F5N2O2. The maximum absolute atomic E-state index is 12.7. The molecule has 0 saturated carbocycles. The normalized spacial score (nSPS) is 10.9. The summed E-state index contributed by atoms with van der Waals surface area (Å²) in [7, 11) is 0. The lowest BCUT2D eigenvalue weighted by molar-refractivity contribution is -0.172. The molecule has 0 aliphatic heterocycles. The summed E-state index contributed by atoms with van der Waals surface area (Å²) in [5, 5.41) is 2.71. The van der Waals surface area contributed by atoms with Crippen molar-refractivity contribution in [3.8, 4) is 0 Å². The van der Waals surface area contributed by atoms with Crippen LogP contribution in [0.3, 0.4) is 0 Å². The number of carbonyl (C=O) groups is 2. The maximum Gasteiger partial charge on any atom is 0.471 e. The fraction of sp³-hybridized carbons (Fsp3) is 0.111.